The molecule has 2 N–H and O–H groups in total. The van der Waals surface area contributed by atoms with E-state index >= 15 is 0 Å². The Balaban J connectivity index is 2.08. The highest BCUT2D eigenvalue weighted by molar-refractivity contribution is 6.05. The minimum atomic E-state index is -4.44. The maximum Gasteiger partial charge on any atom is 0.416 e. The van der Waals surface area contributed by atoms with Crippen LogP contribution in [0.3, 0.4) is 0 Å². The van der Waals surface area contributed by atoms with Gasteiger partial charge < -0.3 is 5.32 Å². The predicted octanol–water partition coefficient (Wildman–Crippen LogP) is 1.21. The third kappa shape index (κ3) is 3.11. The lowest BCUT2D eigenvalue weighted by Crippen LogP contribution is -2.36. The van der Waals surface area contributed by atoms with Gasteiger partial charge >= 0.3 is 6.18 Å². The van der Waals surface area contributed by atoms with Gasteiger partial charge in [0.05, 0.1) is 18.0 Å². The summed E-state index contributed by atoms with van der Waals surface area (Å²) in [5, 5.41) is 4.74. The van der Waals surface area contributed by atoms with Gasteiger partial charge in [0, 0.05) is 6.54 Å². The molecule has 0 aromatic heterocycles. The van der Waals surface area contributed by atoms with Crippen LogP contribution in [0.5, 0.6) is 0 Å². The van der Waals surface area contributed by atoms with Crippen LogP contribution in [-0.4, -0.2) is 17.9 Å². The number of carbonyl (C=O) groups is 2. The lowest BCUT2D eigenvalue weighted by molar-refractivity contribution is -0.138. The fraction of sp³-hybridized carbons (Fsp3) is 0.333. The summed E-state index contributed by atoms with van der Waals surface area (Å²) in [5.41, 5.74) is -0.700. The zero-order valence-electron chi connectivity index (χ0n) is 9.75. The molecule has 1 heterocycles. The lowest BCUT2D eigenvalue weighted by Gasteiger charge is -2.14. The van der Waals surface area contributed by atoms with E-state index < -0.39 is 29.6 Å². The second kappa shape index (κ2) is 5.00. The van der Waals surface area contributed by atoms with E-state index in [1.165, 1.54) is 18.2 Å². The number of hydrogen-bond acceptors (Lipinski definition) is 3. The Bertz CT molecular complexity index is 514. The third-order valence-electron chi connectivity index (χ3n) is 2.83. The van der Waals surface area contributed by atoms with Gasteiger partial charge in [-0.1, -0.05) is 18.2 Å². The summed E-state index contributed by atoms with van der Waals surface area (Å²) in [7, 11) is 0. The van der Waals surface area contributed by atoms with Crippen LogP contribution in [-0.2, 0) is 22.3 Å². The Labute approximate surface area is 107 Å². The van der Waals surface area contributed by atoms with Crippen molar-refractivity contribution in [1.82, 2.24) is 10.6 Å². The van der Waals surface area contributed by atoms with Crippen molar-refractivity contribution in [1.29, 1.82) is 0 Å². The topological polar surface area (TPSA) is 58.2 Å². The maximum absolute atomic E-state index is 12.7. The van der Waals surface area contributed by atoms with Gasteiger partial charge in [-0.25, -0.2) is 0 Å². The van der Waals surface area contributed by atoms with Crippen molar-refractivity contribution in [3.63, 3.8) is 0 Å². The van der Waals surface area contributed by atoms with Crippen molar-refractivity contribution in [3.8, 4) is 0 Å². The second-order valence-corrected chi connectivity index (χ2v) is 4.20. The Kier molecular flexibility index (Phi) is 3.57. The highest BCUT2D eigenvalue weighted by Gasteiger charge is 2.34. The smallest absolute Gasteiger partial charge is 0.301 e. The molecule has 4 nitrogen and oxygen atoms in total. The van der Waals surface area contributed by atoms with Gasteiger partial charge in [0.2, 0.25) is 11.8 Å². The highest BCUT2D eigenvalue weighted by Crippen LogP contribution is 2.31. The molecule has 0 saturated carbocycles. The first kappa shape index (κ1) is 13.5. The van der Waals surface area contributed by atoms with Gasteiger partial charge in [-0.05, 0) is 11.6 Å². The Hall–Kier alpha value is -1.89. The number of hydrogen-bond donors (Lipinski definition) is 2. The van der Waals surface area contributed by atoms with Gasteiger partial charge in [-0.3, -0.25) is 14.9 Å². The third-order valence-corrected chi connectivity index (χ3v) is 2.83. The Morgan fingerprint density at radius 1 is 1.26 bits per heavy atom. The van der Waals surface area contributed by atoms with Crippen LogP contribution in [0.15, 0.2) is 24.3 Å². The number of imide groups is 1. The molecule has 1 aromatic carbocycles. The number of rotatable bonds is 3. The molecule has 7 heteroatoms. The van der Waals surface area contributed by atoms with Crippen molar-refractivity contribution >= 4 is 11.8 Å². The van der Waals surface area contributed by atoms with E-state index in [2.05, 4.69) is 10.6 Å². The van der Waals surface area contributed by atoms with E-state index in [4.69, 9.17) is 0 Å². The zero-order valence-corrected chi connectivity index (χ0v) is 9.75. The predicted molar refractivity (Wildman–Crippen MR) is 59.8 cm³/mol. The van der Waals surface area contributed by atoms with Gasteiger partial charge in [0.15, 0.2) is 0 Å². The number of alkyl halides is 3. The molecule has 19 heavy (non-hydrogen) atoms. The van der Waals surface area contributed by atoms with E-state index in [0.717, 1.165) is 6.07 Å². The van der Waals surface area contributed by atoms with Crippen LogP contribution in [0.25, 0.3) is 0 Å². The molecule has 1 aromatic rings. The SMILES string of the molecule is O=C1CC(NCc2ccccc2C(F)(F)F)C(=O)N1. The van der Waals surface area contributed by atoms with E-state index in [1.807, 2.05) is 0 Å². The first-order chi connectivity index (χ1) is 8.88. The Morgan fingerprint density at radius 2 is 1.95 bits per heavy atom. The molecule has 1 atom stereocenters. The number of halogens is 3. The molecule has 2 rings (SSSR count). The molecule has 0 radical (unpaired) electrons. The molecule has 0 bridgehead atoms. The van der Waals surface area contributed by atoms with Crippen LogP contribution < -0.4 is 10.6 Å². The van der Waals surface area contributed by atoms with E-state index in [-0.39, 0.29) is 18.5 Å². The Morgan fingerprint density at radius 3 is 2.53 bits per heavy atom. The van der Waals surface area contributed by atoms with Gasteiger partial charge in [0.25, 0.3) is 0 Å². The minimum absolute atomic E-state index is 0.0437. The van der Waals surface area contributed by atoms with Crippen molar-refractivity contribution < 1.29 is 22.8 Å². The summed E-state index contributed by atoms with van der Waals surface area (Å²) in [6, 6.07) is 4.35. The van der Waals surface area contributed by atoms with Crippen molar-refractivity contribution in [2.75, 3.05) is 0 Å². The first-order valence-electron chi connectivity index (χ1n) is 5.60. The van der Waals surface area contributed by atoms with Crippen LogP contribution >= 0.6 is 0 Å². The number of carbonyl (C=O) groups excluding carboxylic acids is 2. The van der Waals surface area contributed by atoms with Crippen molar-refractivity contribution in [2.45, 2.75) is 25.2 Å². The molecular formula is C12H11F3N2O2. The summed E-state index contributed by atoms with van der Waals surface area (Å²) in [6.07, 6.45) is -4.49. The molecule has 0 spiro atoms. The largest absolute Gasteiger partial charge is 0.416 e. The summed E-state index contributed by atoms with van der Waals surface area (Å²) in [5.74, 6) is -0.930. The molecule has 2 amide bonds. The van der Waals surface area contributed by atoms with Gasteiger partial charge in [0.1, 0.15) is 0 Å². The molecule has 1 unspecified atom stereocenters. The molecule has 0 aliphatic carbocycles. The van der Waals surface area contributed by atoms with Crippen molar-refractivity contribution in [3.05, 3.63) is 35.4 Å². The fourth-order valence-corrected chi connectivity index (χ4v) is 1.90. The zero-order chi connectivity index (χ0) is 14.0. The van der Waals surface area contributed by atoms with E-state index in [0.29, 0.717) is 0 Å². The fourth-order valence-electron chi connectivity index (χ4n) is 1.90. The molecular weight excluding hydrogens is 261 g/mol. The lowest BCUT2D eigenvalue weighted by atomic mass is 10.1. The maximum atomic E-state index is 12.7. The standard InChI is InChI=1S/C12H11F3N2O2/c13-12(14,15)8-4-2-1-3-7(8)6-16-9-5-10(18)17-11(9)19/h1-4,9,16H,5-6H2,(H,17,18,19). The van der Waals surface area contributed by atoms with Gasteiger partial charge in [-0.15, -0.1) is 0 Å². The van der Waals surface area contributed by atoms with Crippen LogP contribution in [0.1, 0.15) is 17.5 Å². The number of amides is 2. The van der Waals surface area contributed by atoms with Crippen LogP contribution in [0, 0.1) is 0 Å². The quantitative estimate of drug-likeness (QED) is 0.813. The van der Waals surface area contributed by atoms with E-state index in [1.54, 1.807) is 0 Å². The number of benzene rings is 1. The second-order valence-electron chi connectivity index (χ2n) is 4.20. The van der Waals surface area contributed by atoms with Crippen molar-refractivity contribution in [2.24, 2.45) is 0 Å². The summed E-state index contributed by atoms with van der Waals surface area (Å²) >= 11 is 0. The van der Waals surface area contributed by atoms with Crippen LogP contribution in [0.4, 0.5) is 13.2 Å². The normalized spacial score (nSPS) is 19.6. The highest BCUT2D eigenvalue weighted by atomic mass is 19.4. The summed E-state index contributed by atoms with van der Waals surface area (Å²) in [6.45, 7) is -0.124. The average molecular weight is 272 g/mol. The summed E-state index contributed by atoms with van der Waals surface area (Å²) < 4.78 is 38.2. The minimum Gasteiger partial charge on any atom is -0.301 e. The summed E-state index contributed by atoms with van der Waals surface area (Å²) in [4.78, 5) is 22.2. The molecule has 102 valence electrons. The number of nitrogens with one attached hydrogen (secondary N) is 2. The first-order valence-corrected chi connectivity index (χ1v) is 5.60. The van der Waals surface area contributed by atoms with E-state index in [9.17, 15) is 22.8 Å². The molecule has 1 fully saturated rings. The molecule has 1 aliphatic heterocycles. The monoisotopic (exact) mass is 272 g/mol. The molecule has 1 aliphatic rings. The molecule has 1 saturated heterocycles. The van der Waals surface area contributed by atoms with Gasteiger partial charge in [-0.2, -0.15) is 13.2 Å². The average Bonchev–Trinajstić information content (AvgIpc) is 2.64. The van der Waals surface area contributed by atoms with Crippen LogP contribution in [0.2, 0.25) is 0 Å².